The van der Waals surface area contributed by atoms with Crippen molar-refractivity contribution in [3.05, 3.63) is 0 Å². The summed E-state index contributed by atoms with van der Waals surface area (Å²) >= 11 is 0. The van der Waals surface area contributed by atoms with Crippen molar-refractivity contribution in [2.24, 2.45) is 5.92 Å². The molecule has 6 nitrogen and oxygen atoms in total. The van der Waals surface area contributed by atoms with Gasteiger partial charge in [0.1, 0.15) is 6.04 Å². The normalized spacial score (nSPS) is 28.0. The van der Waals surface area contributed by atoms with Gasteiger partial charge in [0.15, 0.2) is 0 Å². The maximum atomic E-state index is 11.6. The van der Waals surface area contributed by atoms with Crippen LogP contribution in [0.4, 0.5) is 0 Å². The van der Waals surface area contributed by atoms with Crippen molar-refractivity contribution in [3.63, 3.8) is 0 Å². The van der Waals surface area contributed by atoms with E-state index in [1.807, 2.05) is 0 Å². The first kappa shape index (κ1) is 16.7. The number of carboxylic acids is 1. The fraction of sp³-hybridized carbons (Fsp3) is 0.933. The molecule has 0 aliphatic carbocycles. The van der Waals surface area contributed by atoms with Crippen molar-refractivity contribution in [2.45, 2.75) is 44.6 Å². The topological polar surface area (TPSA) is 76.0 Å². The molecule has 2 atom stereocenters. The van der Waals surface area contributed by atoms with Crippen LogP contribution in [-0.2, 0) is 4.79 Å². The lowest BCUT2D eigenvalue weighted by Gasteiger charge is -2.30. The lowest BCUT2D eigenvalue weighted by Crippen LogP contribution is -2.44. The summed E-state index contributed by atoms with van der Waals surface area (Å²) in [5.41, 5.74) is 2.15. The van der Waals surface area contributed by atoms with E-state index in [4.69, 9.17) is 5.21 Å². The van der Waals surface area contributed by atoms with Gasteiger partial charge in [-0.1, -0.05) is 6.42 Å². The maximum absolute atomic E-state index is 11.6. The number of nitrogens with zero attached hydrogens (tertiary/aromatic N) is 2. The summed E-state index contributed by atoms with van der Waals surface area (Å²) in [5.74, 6) is -0.467. The number of hydroxylamine groups is 1. The number of piperidine rings is 1. The Hall–Kier alpha value is -0.690. The summed E-state index contributed by atoms with van der Waals surface area (Å²) in [5, 5.41) is 18.1. The summed E-state index contributed by atoms with van der Waals surface area (Å²) in [6.07, 6.45) is 6.54. The Labute approximate surface area is 127 Å². The van der Waals surface area contributed by atoms with Crippen LogP contribution in [0.3, 0.4) is 0 Å². The third-order valence-electron chi connectivity index (χ3n) is 4.90. The third kappa shape index (κ3) is 4.92. The Balaban J connectivity index is 1.79. The number of aliphatic carboxylic acids is 1. The molecule has 3 N–H and O–H groups in total. The minimum absolute atomic E-state index is 0.220. The summed E-state index contributed by atoms with van der Waals surface area (Å²) in [7, 11) is 0. The summed E-state index contributed by atoms with van der Waals surface area (Å²) in [4.78, 5) is 16.2. The Kier molecular flexibility index (Phi) is 6.89. The van der Waals surface area contributed by atoms with Gasteiger partial charge in [-0.25, -0.2) is 5.48 Å². The molecule has 0 aromatic heterocycles. The molecule has 6 heteroatoms. The van der Waals surface area contributed by atoms with Gasteiger partial charge in [0.05, 0.1) is 0 Å². The van der Waals surface area contributed by atoms with Crippen LogP contribution in [0.2, 0.25) is 0 Å². The predicted molar refractivity (Wildman–Crippen MR) is 80.4 cm³/mol. The van der Waals surface area contributed by atoms with E-state index < -0.39 is 5.97 Å². The molecule has 0 saturated carbocycles. The van der Waals surface area contributed by atoms with Gasteiger partial charge in [-0.2, -0.15) is 0 Å². The minimum Gasteiger partial charge on any atom is -0.480 e. The Morgan fingerprint density at radius 2 is 1.90 bits per heavy atom. The second-order valence-electron chi connectivity index (χ2n) is 6.32. The average Bonchev–Trinajstić information content (AvgIpc) is 2.90. The van der Waals surface area contributed by atoms with Crippen LogP contribution in [0, 0.1) is 5.92 Å². The first-order valence-electron chi connectivity index (χ1n) is 8.28. The van der Waals surface area contributed by atoms with E-state index in [1.165, 1.54) is 19.3 Å². The van der Waals surface area contributed by atoms with Crippen LogP contribution < -0.4 is 5.48 Å². The average molecular weight is 299 g/mol. The van der Waals surface area contributed by atoms with E-state index in [1.54, 1.807) is 0 Å². The number of hydrogen-bond donors (Lipinski definition) is 3. The zero-order valence-corrected chi connectivity index (χ0v) is 12.8. The van der Waals surface area contributed by atoms with E-state index in [-0.39, 0.29) is 12.0 Å². The number of nitrogens with one attached hydrogen (secondary N) is 1. The van der Waals surface area contributed by atoms with Gasteiger partial charge in [-0.3, -0.25) is 9.69 Å². The van der Waals surface area contributed by atoms with Crippen LogP contribution in [0.1, 0.15) is 38.5 Å². The fourth-order valence-electron chi connectivity index (χ4n) is 3.73. The van der Waals surface area contributed by atoms with Gasteiger partial charge >= 0.3 is 5.97 Å². The molecular weight excluding hydrogens is 270 g/mol. The molecule has 122 valence electrons. The largest absolute Gasteiger partial charge is 0.480 e. The molecule has 21 heavy (non-hydrogen) atoms. The maximum Gasteiger partial charge on any atom is 0.321 e. The molecule has 0 spiro atoms. The van der Waals surface area contributed by atoms with Crippen molar-refractivity contribution >= 4 is 5.97 Å². The van der Waals surface area contributed by atoms with Crippen molar-refractivity contribution in [2.75, 3.05) is 39.3 Å². The van der Waals surface area contributed by atoms with E-state index in [2.05, 4.69) is 15.3 Å². The summed E-state index contributed by atoms with van der Waals surface area (Å²) in [6, 6.07) is -0.339. The third-order valence-corrected chi connectivity index (χ3v) is 4.90. The van der Waals surface area contributed by atoms with Gasteiger partial charge in [-0.05, 0) is 57.7 Å². The van der Waals surface area contributed by atoms with Crippen molar-refractivity contribution in [1.82, 2.24) is 15.3 Å². The van der Waals surface area contributed by atoms with Crippen molar-refractivity contribution in [3.8, 4) is 0 Å². The molecule has 0 aromatic rings. The molecule has 0 bridgehead atoms. The Bertz CT molecular complexity index is 321. The van der Waals surface area contributed by atoms with Crippen molar-refractivity contribution in [1.29, 1.82) is 0 Å². The molecule has 2 saturated heterocycles. The Morgan fingerprint density at radius 1 is 1.14 bits per heavy atom. The molecule has 2 fully saturated rings. The predicted octanol–water partition coefficient (Wildman–Crippen LogP) is 1.01. The van der Waals surface area contributed by atoms with Crippen LogP contribution >= 0.6 is 0 Å². The molecule has 2 heterocycles. The quantitative estimate of drug-likeness (QED) is 0.459. The van der Waals surface area contributed by atoms with E-state index in [0.717, 1.165) is 52.0 Å². The molecule has 0 radical (unpaired) electrons. The molecule has 2 rings (SSSR count). The second kappa shape index (κ2) is 8.68. The number of hydrogen-bond acceptors (Lipinski definition) is 5. The number of likely N-dealkylation sites (tertiary alicyclic amines) is 2. The zero-order valence-electron chi connectivity index (χ0n) is 12.8. The standard InChI is InChI=1S/C15H29N3O3/c19-15(20)14-13(5-4-7-16-21)6-10-18(14)12-11-17-8-2-1-3-9-17/h13-14,16,21H,1-12H2,(H,19,20). The van der Waals surface area contributed by atoms with Crippen LogP contribution in [0.25, 0.3) is 0 Å². The van der Waals surface area contributed by atoms with Gasteiger partial charge in [0.2, 0.25) is 0 Å². The smallest absolute Gasteiger partial charge is 0.321 e. The molecular formula is C15H29N3O3. The lowest BCUT2D eigenvalue weighted by atomic mass is 9.95. The first-order chi connectivity index (χ1) is 10.2. The molecule has 2 aliphatic rings. The van der Waals surface area contributed by atoms with E-state index in [9.17, 15) is 9.90 Å². The van der Waals surface area contributed by atoms with E-state index >= 15 is 0 Å². The van der Waals surface area contributed by atoms with E-state index in [0.29, 0.717) is 6.54 Å². The van der Waals surface area contributed by atoms with Crippen molar-refractivity contribution < 1.29 is 15.1 Å². The van der Waals surface area contributed by atoms with Crippen LogP contribution in [0.5, 0.6) is 0 Å². The monoisotopic (exact) mass is 299 g/mol. The highest BCUT2D eigenvalue weighted by Gasteiger charge is 2.38. The molecule has 2 unspecified atom stereocenters. The zero-order chi connectivity index (χ0) is 15.1. The summed E-state index contributed by atoms with van der Waals surface area (Å²) in [6.45, 7) is 5.62. The highest BCUT2D eigenvalue weighted by molar-refractivity contribution is 5.74. The number of carbonyl (C=O) groups is 1. The summed E-state index contributed by atoms with van der Waals surface area (Å²) < 4.78 is 0. The lowest BCUT2D eigenvalue weighted by molar-refractivity contribution is -0.143. The number of carboxylic acid groups (broad SMARTS) is 1. The van der Waals surface area contributed by atoms with Gasteiger partial charge in [0, 0.05) is 19.6 Å². The fourth-order valence-corrected chi connectivity index (χ4v) is 3.73. The van der Waals surface area contributed by atoms with Gasteiger partial charge in [-0.15, -0.1) is 0 Å². The van der Waals surface area contributed by atoms with Crippen LogP contribution in [0.15, 0.2) is 0 Å². The Morgan fingerprint density at radius 3 is 2.57 bits per heavy atom. The first-order valence-corrected chi connectivity index (χ1v) is 8.28. The highest BCUT2D eigenvalue weighted by atomic mass is 16.5. The molecule has 0 amide bonds. The molecule has 2 aliphatic heterocycles. The SMILES string of the molecule is O=C(O)C1C(CCCNO)CCN1CCN1CCCCC1. The minimum atomic E-state index is -0.687. The highest BCUT2D eigenvalue weighted by Crippen LogP contribution is 2.28. The second-order valence-corrected chi connectivity index (χ2v) is 6.32. The van der Waals surface area contributed by atoms with Gasteiger partial charge < -0.3 is 15.2 Å². The number of rotatable bonds is 8. The van der Waals surface area contributed by atoms with Crippen LogP contribution in [-0.4, -0.2) is 71.4 Å². The van der Waals surface area contributed by atoms with Gasteiger partial charge in [0.25, 0.3) is 0 Å². The molecule has 0 aromatic carbocycles.